The van der Waals surface area contributed by atoms with Gasteiger partial charge in [-0.15, -0.1) is 0 Å². The second-order valence-electron chi connectivity index (χ2n) is 7.26. The van der Waals surface area contributed by atoms with Crippen molar-refractivity contribution in [2.75, 3.05) is 33.3 Å². The molecule has 0 atom stereocenters. The third-order valence-electron chi connectivity index (χ3n) is 5.59. The first-order valence-electron chi connectivity index (χ1n) is 9.20. The summed E-state index contributed by atoms with van der Waals surface area (Å²) in [6.45, 7) is 6.64. The molecule has 0 aromatic heterocycles. The van der Waals surface area contributed by atoms with Crippen molar-refractivity contribution in [3.63, 3.8) is 0 Å². The van der Waals surface area contributed by atoms with Crippen LogP contribution in [0.4, 0.5) is 0 Å². The Kier molecular flexibility index (Phi) is 5.30. The van der Waals surface area contributed by atoms with Crippen molar-refractivity contribution in [1.29, 1.82) is 0 Å². The topological polar surface area (TPSA) is 49.9 Å². The van der Waals surface area contributed by atoms with Gasteiger partial charge < -0.3 is 14.5 Å². The number of carbonyl (C=O) groups is 2. The second-order valence-corrected chi connectivity index (χ2v) is 7.26. The van der Waals surface area contributed by atoms with E-state index >= 15 is 0 Å². The summed E-state index contributed by atoms with van der Waals surface area (Å²) in [5, 5.41) is 0. The number of methoxy groups -OCH3 is 1. The lowest BCUT2D eigenvalue weighted by Crippen LogP contribution is -2.52. The minimum Gasteiger partial charge on any atom is -0.496 e. The van der Waals surface area contributed by atoms with Gasteiger partial charge in [0.15, 0.2) is 0 Å². The van der Waals surface area contributed by atoms with Crippen LogP contribution in [0.15, 0.2) is 12.1 Å². The highest BCUT2D eigenvalue weighted by molar-refractivity contribution is 5.81. The molecule has 5 heteroatoms. The van der Waals surface area contributed by atoms with Crippen LogP contribution in [-0.2, 0) is 16.0 Å². The Hall–Kier alpha value is -2.04. The third-order valence-corrected chi connectivity index (χ3v) is 5.59. The summed E-state index contributed by atoms with van der Waals surface area (Å²) >= 11 is 0. The molecule has 3 rings (SSSR count). The third kappa shape index (κ3) is 3.80. The number of nitrogens with zero attached hydrogens (tertiary/aromatic N) is 2. The second kappa shape index (κ2) is 7.46. The molecular formula is C20H28N2O3. The van der Waals surface area contributed by atoms with Gasteiger partial charge in [0.05, 0.1) is 13.5 Å². The number of benzene rings is 1. The van der Waals surface area contributed by atoms with Crippen molar-refractivity contribution in [3.8, 4) is 5.75 Å². The van der Waals surface area contributed by atoms with Crippen LogP contribution in [0.25, 0.3) is 0 Å². The molecule has 25 heavy (non-hydrogen) atoms. The van der Waals surface area contributed by atoms with Gasteiger partial charge >= 0.3 is 0 Å². The van der Waals surface area contributed by atoms with Gasteiger partial charge in [-0.2, -0.15) is 0 Å². The standard InChI is InChI=1S/C20H28N2O3/c1-14-12-18(25-3)15(2)11-17(14)13-19(23)21-7-9-22(10-8-21)20(24)16-5-4-6-16/h11-12,16H,4-10,13H2,1-3H3. The van der Waals surface area contributed by atoms with Crippen LogP contribution in [0, 0.1) is 19.8 Å². The molecule has 2 aliphatic rings. The molecule has 0 N–H and O–H groups in total. The molecule has 1 saturated heterocycles. The molecule has 0 spiro atoms. The van der Waals surface area contributed by atoms with Crippen LogP contribution >= 0.6 is 0 Å². The molecule has 136 valence electrons. The van der Waals surface area contributed by atoms with Gasteiger partial charge in [-0.25, -0.2) is 0 Å². The van der Waals surface area contributed by atoms with Gasteiger partial charge in [-0.3, -0.25) is 9.59 Å². The molecule has 2 fully saturated rings. The molecule has 1 aliphatic carbocycles. The van der Waals surface area contributed by atoms with E-state index in [1.165, 1.54) is 6.42 Å². The van der Waals surface area contributed by atoms with E-state index in [1.807, 2.05) is 35.8 Å². The average molecular weight is 344 g/mol. The molecule has 2 amide bonds. The molecule has 1 heterocycles. The fraction of sp³-hybridized carbons (Fsp3) is 0.600. The van der Waals surface area contributed by atoms with Gasteiger partial charge in [0.2, 0.25) is 11.8 Å². The zero-order chi connectivity index (χ0) is 18.0. The summed E-state index contributed by atoms with van der Waals surface area (Å²) in [4.78, 5) is 28.8. The van der Waals surface area contributed by atoms with E-state index in [2.05, 4.69) is 0 Å². The molecule has 5 nitrogen and oxygen atoms in total. The number of carbonyl (C=O) groups excluding carboxylic acids is 2. The van der Waals surface area contributed by atoms with E-state index in [0.717, 1.165) is 35.3 Å². The van der Waals surface area contributed by atoms with Crippen LogP contribution in [0.5, 0.6) is 5.75 Å². The highest BCUT2D eigenvalue weighted by Gasteiger charge is 2.32. The summed E-state index contributed by atoms with van der Waals surface area (Å²) in [6.07, 6.45) is 3.66. The quantitative estimate of drug-likeness (QED) is 0.842. The lowest BCUT2D eigenvalue weighted by molar-refractivity contribution is -0.143. The summed E-state index contributed by atoms with van der Waals surface area (Å²) < 4.78 is 5.34. The zero-order valence-electron chi connectivity index (χ0n) is 15.5. The van der Waals surface area contributed by atoms with Crippen molar-refractivity contribution >= 4 is 11.8 Å². The fourth-order valence-electron chi connectivity index (χ4n) is 3.62. The van der Waals surface area contributed by atoms with Crippen LogP contribution < -0.4 is 4.74 Å². The van der Waals surface area contributed by atoms with Gasteiger partial charge in [-0.05, 0) is 49.4 Å². The number of piperazine rings is 1. The molecule has 0 bridgehead atoms. The van der Waals surface area contributed by atoms with Crippen molar-refractivity contribution in [1.82, 2.24) is 9.80 Å². The lowest BCUT2D eigenvalue weighted by atomic mass is 9.84. The maximum absolute atomic E-state index is 12.7. The van der Waals surface area contributed by atoms with Crippen LogP contribution in [0.2, 0.25) is 0 Å². The largest absolute Gasteiger partial charge is 0.496 e. The van der Waals surface area contributed by atoms with E-state index in [4.69, 9.17) is 4.74 Å². The minimum absolute atomic E-state index is 0.142. The summed E-state index contributed by atoms with van der Waals surface area (Å²) in [7, 11) is 1.66. The number of amides is 2. The highest BCUT2D eigenvalue weighted by Crippen LogP contribution is 2.28. The normalized spacial score (nSPS) is 18.0. The highest BCUT2D eigenvalue weighted by atomic mass is 16.5. The van der Waals surface area contributed by atoms with E-state index in [0.29, 0.717) is 38.5 Å². The Labute approximate surface area is 149 Å². The maximum atomic E-state index is 12.7. The summed E-state index contributed by atoms with van der Waals surface area (Å²) in [6, 6.07) is 4.04. The predicted molar refractivity (Wildman–Crippen MR) is 96.7 cm³/mol. The molecule has 1 aliphatic heterocycles. The van der Waals surface area contributed by atoms with Gasteiger partial charge in [0.1, 0.15) is 5.75 Å². The SMILES string of the molecule is COc1cc(C)c(CC(=O)N2CCN(C(=O)C3CCC3)CC2)cc1C. The van der Waals surface area contributed by atoms with Gasteiger partial charge in [0.25, 0.3) is 0 Å². The molecule has 0 radical (unpaired) electrons. The number of hydrogen-bond acceptors (Lipinski definition) is 3. The zero-order valence-corrected chi connectivity index (χ0v) is 15.5. The monoisotopic (exact) mass is 344 g/mol. The van der Waals surface area contributed by atoms with E-state index in [-0.39, 0.29) is 11.8 Å². The summed E-state index contributed by atoms with van der Waals surface area (Å²) in [5.41, 5.74) is 3.18. The predicted octanol–water partition coefficient (Wildman–Crippen LogP) is 2.33. The Bertz CT molecular complexity index is 659. The maximum Gasteiger partial charge on any atom is 0.227 e. The van der Waals surface area contributed by atoms with Crippen molar-refractivity contribution in [2.45, 2.75) is 39.5 Å². The van der Waals surface area contributed by atoms with Crippen LogP contribution in [0.1, 0.15) is 36.0 Å². The smallest absolute Gasteiger partial charge is 0.227 e. The van der Waals surface area contributed by atoms with Crippen molar-refractivity contribution in [2.24, 2.45) is 5.92 Å². The fourth-order valence-corrected chi connectivity index (χ4v) is 3.62. The Morgan fingerprint density at radius 2 is 1.68 bits per heavy atom. The molecule has 1 aromatic rings. The number of hydrogen-bond donors (Lipinski definition) is 0. The first-order valence-corrected chi connectivity index (χ1v) is 9.20. The van der Waals surface area contributed by atoms with E-state index in [9.17, 15) is 9.59 Å². The van der Waals surface area contributed by atoms with Crippen LogP contribution in [0.3, 0.4) is 0 Å². The van der Waals surface area contributed by atoms with E-state index in [1.54, 1.807) is 7.11 Å². The number of rotatable bonds is 4. The first-order chi connectivity index (χ1) is 12.0. The molecule has 0 unspecified atom stereocenters. The molecule has 1 aromatic carbocycles. The minimum atomic E-state index is 0.142. The first kappa shape index (κ1) is 17.8. The Morgan fingerprint density at radius 3 is 2.24 bits per heavy atom. The van der Waals surface area contributed by atoms with Crippen molar-refractivity contribution < 1.29 is 14.3 Å². The Balaban J connectivity index is 1.56. The molecule has 1 saturated carbocycles. The van der Waals surface area contributed by atoms with E-state index < -0.39 is 0 Å². The van der Waals surface area contributed by atoms with Gasteiger partial charge in [0, 0.05) is 32.1 Å². The van der Waals surface area contributed by atoms with Crippen molar-refractivity contribution in [3.05, 3.63) is 28.8 Å². The number of ether oxygens (including phenoxy) is 1. The van der Waals surface area contributed by atoms with Crippen LogP contribution in [-0.4, -0.2) is 54.9 Å². The average Bonchev–Trinajstić information content (AvgIpc) is 2.56. The van der Waals surface area contributed by atoms with Gasteiger partial charge in [-0.1, -0.05) is 12.5 Å². The lowest BCUT2D eigenvalue weighted by Gasteiger charge is -2.38. The Morgan fingerprint density at radius 1 is 1.04 bits per heavy atom. The summed E-state index contributed by atoms with van der Waals surface area (Å²) in [5.74, 6) is 1.53. The molecular weight excluding hydrogens is 316 g/mol. The number of aryl methyl sites for hydroxylation is 2.